The summed E-state index contributed by atoms with van der Waals surface area (Å²) in [6.07, 6.45) is 3.90. The Hall–Kier alpha value is -0.610. The largest absolute Gasteiger partial charge is 0.379 e. The minimum atomic E-state index is 0.522. The van der Waals surface area contributed by atoms with Gasteiger partial charge in [-0.2, -0.15) is 0 Å². The van der Waals surface area contributed by atoms with Crippen molar-refractivity contribution in [2.24, 2.45) is 5.92 Å². The molecular weight excluding hydrogens is 272 g/mol. The lowest BCUT2D eigenvalue weighted by Crippen LogP contribution is -2.50. The molecule has 1 saturated carbocycles. The van der Waals surface area contributed by atoms with Gasteiger partial charge in [0.15, 0.2) is 0 Å². The van der Waals surface area contributed by atoms with Gasteiger partial charge in [0.25, 0.3) is 0 Å². The molecule has 3 atom stereocenters. The summed E-state index contributed by atoms with van der Waals surface area (Å²) in [5.41, 5.74) is 1.30. The first-order valence-corrected chi connectivity index (χ1v) is 8.00. The average molecular weight is 295 g/mol. The minimum absolute atomic E-state index is 0.522. The fourth-order valence-corrected chi connectivity index (χ4v) is 3.56. The maximum Gasteiger partial charge on any atom is 0.0623 e. The fraction of sp³-hybridized carbons (Fsp3) is 0.625. The Labute approximate surface area is 126 Å². The van der Waals surface area contributed by atoms with Crippen LogP contribution < -0.4 is 10.6 Å². The molecule has 0 amide bonds. The quantitative estimate of drug-likeness (QED) is 0.895. The number of hydrogen-bond donors (Lipinski definition) is 2. The Morgan fingerprint density at radius 2 is 2.10 bits per heavy atom. The number of hydrogen-bond acceptors (Lipinski definition) is 3. The van der Waals surface area contributed by atoms with E-state index in [1.807, 2.05) is 12.1 Å². The van der Waals surface area contributed by atoms with Gasteiger partial charge in [-0.15, -0.1) is 0 Å². The molecule has 1 aliphatic heterocycles. The van der Waals surface area contributed by atoms with Crippen LogP contribution in [0.4, 0.5) is 0 Å². The maximum absolute atomic E-state index is 5.92. The Kier molecular flexibility index (Phi) is 4.94. The van der Waals surface area contributed by atoms with E-state index < -0.39 is 0 Å². The Morgan fingerprint density at radius 3 is 2.85 bits per heavy atom. The molecule has 0 aromatic heterocycles. The van der Waals surface area contributed by atoms with Crippen LogP contribution in [0.2, 0.25) is 5.02 Å². The van der Waals surface area contributed by atoms with E-state index in [-0.39, 0.29) is 0 Å². The van der Waals surface area contributed by atoms with Gasteiger partial charge in [-0.05, 0) is 36.5 Å². The van der Waals surface area contributed by atoms with Crippen LogP contribution in [0.25, 0.3) is 0 Å². The third kappa shape index (κ3) is 3.53. The van der Waals surface area contributed by atoms with Crippen LogP contribution in [0.1, 0.15) is 24.8 Å². The topological polar surface area (TPSA) is 33.3 Å². The summed E-state index contributed by atoms with van der Waals surface area (Å²) in [6, 6.07) is 9.24. The van der Waals surface area contributed by atoms with E-state index in [9.17, 15) is 0 Å². The van der Waals surface area contributed by atoms with Crippen molar-refractivity contribution in [1.82, 2.24) is 10.6 Å². The second-order valence-corrected chi connectivity index (χ2v) is 6.28. The third-order valence-corrected chi connectivity index (χ3v) is 4.77. The molecule has 1 saturated heterocycles. The molecule has 20 heavy (non-hydrogen) atoms. The van der Waals surface area contributed by atoms with Crippen molar-refractivity contribution in [3.05, 3.63) is 34.9 Å². The molecule has 2 fully saturated rings. The fourth-order valence-electron chi connectivity index (χ4n) is 3.44. The summed E-state index contributed by atoms with van der Waals surface area (Å²) in [7, 11) is 0. The molecule has 110 valence electrons. The van der Waals surface area contributed by atoms with Crippen LogP contribution in [0.3, 0.4) is 0 Å². The third-order valence-electron chi connectivity index (χ3n) is 4.52. The number of halogens is 1. The van der Waals surface area contributed by atoms with Gasteiger partial charge in [-0.1, -0.05) is 30.2 Å². The first kappa shape index (κ1) is 14.3. The zero-order valence-corrected chi connectivity index (χ0v) is 12.5. The lowest BCUT2D eigenvalue weighted by Gasteiger charge is -2.33. The summed E-state index contributed by atoms with van der Waals surface area (Å²) >= 11 is 5.92. The van der Waals surface area contributed by atoms with E-state index in [2.05, 4.69) is 22.8 Å². The number of morpholine rings is 1. The van der Waals surface area contributed by atoms with E-state index in [4.69, 9.17) is 16.3 Å². The van der Waals surface area contributed by atoms with Crippen LogP contribution in [0, 0.1) is 5.92 Å². The molecule has 1 aromatic carbocycles. The second-order valence-electron chi connectivity index (χ2n) is 5.84. The minimum Gasteiger partial charge on any atom is -0.379 e. The van der Waals surface area contributed by atoms with Gasteiger partial charge >= 0.3 is 0 Å². The van der Waals surface area contributed by atoms with E-state index >= 15 is 0 Å². The highest BCUT2D eigenvalue weighted by atomic mass is 35.5. The molecule has 0 spiro atoms. The molecule has 4 heteroatoms. The van der Waals surface area contributed by atoms with Crippen LogP contribution in [-0.2, 0) is 11.3 Å². The Bertz CT molecular complexity index is 417. The van der Waals surface area contributed by atoms with Crippen LogP contribution >= 0.6 is 11.6 Å². The van der Waals surface area contributed by atoms with Crippen molar-refractivity contribution in [2.45, 2.75) is 37.9 Å². The van der Waals surface area contributed by atoms with Crippen molar-refractivity contribution >= 4 is 11.6 Å². The highest BCUT2D eigenvalue weighted by Gasteiger charge is 2.34. The van der Waals surface area contributed by atoms with Crippen molar-refractivity contribution < 1.29 is 4.74 Å². The van der Waals surface area contributed by atoms with Crippen LogP contribution in [0.5, 0.6) is 0 Å². The number of ether oxygens (including phenoxy) is 1. The Morgan fingerprint density at radius 1 is 1.25 bits per heavy atom. The smallest absolute Gasteiger partial charge is 0.0623 e. The van der Waals surface area contributed by atoms with Crippen LogP contribution in [0.15, 0.2) is 24.3 Å². The molecule has 2 aliphatic rings. The zero-order chi connectivity index (χ0) is 13.8. The van der Waals surface area contributed by atoms with E-state index in [1.54, 1.807) is 0 Å². The average Bonchev–Trinajstić information content (AvgIpc) is 2.96. The maximum atomic E-state index is 5.92. The van der Waals surface area contributed by atoms with E-state index in [0.29, 0.717) is 18.0 Å². The first-order valence-electron chi connectivity index (χ1n) is 7.62. The molecule has 0 bridgehead atoms. The molecule has 1 heterocycles. The highest BCUT2D eigenvalue weighted by molar-refractivity contribution is 6.30. The summed E-state index contributed by atoms with van der Waals surface area (Å²) in [6.45, 7) is 3.63. The SMILES string of the molecule is Clc1ccc(CNC2CCCC2C2COCCN2)cc1. The van der Waals surface area contributed by atoms with Crippen molar-refractivity contribution in [3.8, 4) is 0 Å². The Balaban J connectivity index is 1.54. The lowest BCUT2D eigenvalue weighted by molar-refractivity contribution is 0.0524. The van der Waals surface area contributed by atoms with Gasteiger partial charge in [0, 0.05) is 30.2 Å². The van der Waals surface area contributed by atoms with Gasteiger partial charge in [-0.3, -0.25) is 0 Å². The predicted molar refractivity (Wildman–Crippen MR) is 82.0 cm³/mol. The van der Waals surface area contributed by atoms with Crippen LogP contribution in [-0.4, -0.2) is 31.8 Å². The number of nitrogens with one attached hydrogen (secondary N) is 2. The van der Waals surface area contributed by atoms with Crippen molar-refractivity contribution in [2.75, 3.05) is 19.8 Å². The van der Waals surface area contributed by atoms with Gasteiger partial charge in [0.2, 0.25) is 0 Å². The zero-order valence-electron chi connectivity index (χ0n) is 11.8. The summed E-state index contributed by atoms with van der Waals surface area (Å²) < 4.78 is 5.61. The molecule has 3 unspecified atom stereocenters. The standard InChI is InChI=1S/C16H23ClN2O/c17-13-6-4-12(5-7-13)10-19-15-3-1-2-14(15)16-11-20-9-8-18-16/h4-7,14-16,18-19H,1-3,8-11H2. The molecule has 3 nitrogen and oxygen atoms in total. The van der Waals surface area contributed by atoms with Crippen molar-refractivity contribution in [3.63, 3.8) is 0 Å². The van der Waals surface area contributed by atoms with Gasteiger partial charge in [0.1, 0.15) is 0 Å². The van der Waals surface area contributed by atoms with Crippen molar-refractivity contribution in [1.29, 1.82) is 0 Å². The first-order chi connectivity index (χ1) is 9.83. The molecular formula is C16H23ClN2O. The number of rotatable bonds is 4. The second kappa shape index (κ2) is 6.90. The molecule has 1 aromatic rings. The lowest BCUT2D eigenvalue weighted by atomic mass is 9.94. The molecule has 0 radical (unpaired) electrons. The van der Waals surface area contributed by atoms with Gasteiger partial charge < -0.3 is 15.4 Å². The summed E-state index contributed by atoms with van der Waals surface area (Å²) in [5.74, 6) is 0.697. The predicted octanol–water partition coefficient (Wildman–Crippen LogP) is 2.59. The molecule has 1 aliphatic carbocycles. The monoisotopic (exact) mass is 294 g/mol. The van der Waals surface area contributed by atoms with Gasteiger partial charge in [0.05, 0.1) is 13.2 Å². The normalized spacial score (nSPS) is 30.6. The molecule has 3 rings (SSSR count). The molecule has 2 N–H and O–H groups in total. The highest BCUT2D eigenvalue weighted by Crippen LogP contribution is 2.29. The summed E-state index contributed by atoms with van der Waals surface area (Å²) in [5, 5.41) is 8.14. The van der Waals surface area contributed by atoms with E-state index in [0.717, 1.165) is 31.3 Å². The number of benzene rings is 1. The summed E-state index contributed by atoms with van der Waals surface area (Å²) in [4.78, 5) is 0. The van der Waals surface area contributed by atoms with E-state index in [1.165, 1.54) is 24.8 Å². The van der Waals surface area contributed by atoms with Gasteiger partial charge in [-0.25, -0.2) is 0 Å².